The molecule has 0 fully saturated rings. The van der Waals surface area contributed by atoms with Gasteiger partial charge in [-0.3, -0.25) is 4.79 Å². The lowest BCUT2D eigenvalue weighted by Crippen LogP contribution is -2.09. The molecule has 0 spiro atoms. The Morgan fingerprint density at radius 3 is 2.25 bits per heavy atom. The maximum Gasteiger partial charge on any atom is 0.141 e. The standard InChI is InChI=1S/C15H10Cl2F2O/c16-13-2-1-3-14(17)12(13)8-11(20)6-9-4-5-10(18)7-15(9)19/h1-5,7H,6,8H2. The Morgan fingerprint density at radius 1 is 1.00 bits per heavy atom. The average molecular weight is 315 g/mol. The summed E-state index contributed by atoms with van der Waals surface area (Å²) in [6, 6.07) is 8.08. The lowest BCUT2D eigenvalue weighted by Gasteiger charge is -2.07. The molecule has 0 unspecified atom stereocenters. The van der Waals surface area contributed by atoms with Gasteiger partial charge in [0, 0.05) is 29.0 Å². The van der Waals surface area contributed by atoms with E-state index >= 15 is 0 Å². The van der Waals surface area contributed by atoms with Crippen LogP contribution in [0.25, 0.3) is 0 Å². The van der Waals surface area contributed by atoms with Crippen molar-refractivity contribution in [2.24, 2.45) is 0 Å². The van der Waals surface area contributed by atoms with E-state index in [1.54, 1.807) is 18.2 Å². The van der Waals surface area contributed by atoms with Gasteiger partial charge in [-0.1, -0.05) is 35.3 Å². The number of rotatable bonds is 4. The van der Waals surface area contributed by atoms with E-state index in [2.05, 4.69) is 0 Å². The zero-order chi connectivity index (χ0) is 14.7. The van der Waals surface area contributed by atoms with E-state index in [4.69, 9.17) is 23.2 Å². The van der Waals surface area contributed by atoms with Gasteiger partial charge in [-0.25, -0.2) is 8.78 Å². The summed E-state index contributed by atoms with van der Waals surface area (Å²) >= 11 is 11.9. The first kappa shape index (κ1) is 14.9. The van der Waals surface area contributed by atoms with Crippen LogP contribution in [0.1, 0.15) is 11.1 Å². The van der Waals surface area contributed by atoms with Crippen LogP contribution in [0.15, 0.2) is 36.4 Å². The molecular weight excluding hydrogens is 305 g/mol. The van der Waals surface area contributed by atoms with E-state index in [9.17, 15) is 13.6 Å². The van der Waals surface area contributed by atoms with Crippen molar-refractivity contribution in [1.82, 2.24) is 0 Å². The Morgan fingerprint density at radius 2 is 1.65 bits per heavy atom. The van der Waals surface area contributed by atoms with E-state index < -0.39 is 11.6 Å². The molecule has 0 N–H and O–H groups in total. The van der Waals surface area contributed by atoms with Gasteiger partial charge in [0.15, 0.2) is 0 Å². The molecule has 0 atom stereocenters. The summed E-state index contributed by atoms with van der Waals surface area (Å²) in [4.78, 5) is 11.9. The summed E-state index contributed by atoms with van der Waals surface area (Å²) < 4.78 is 26.2. The number of ketones is 1. The number of hydrogen-bond acceptors (Lipinski definition) is 1. The first-order valence-electron chi connectivity index (χ1n) is 5.86. The quantitative estimate of drug-likeness (QED) is 0.804. The lowest BCUT2D eigenvalue weighted by atomic mass is 10.0. The van der Waals surface area contributed by atoms with Crippen LogP contribution in [-0.4, -0.2) is 5.78 Å². The average Bonchev–Trinajstić information content (AvgIpc) is 2.37. The molecule has 0 aromatic heterocycles. The van der Waals surface area contributed by atoms with E-state index in [1.165, 1.54) is 6.07 Å². The Kier molecular flexibility index (Phi) is 4.73. The summed E-state index contributed by atoms with van der Waals surface area (Å²) in [5, 5.41) is 0.788. The molecule has 0 aliphatic heterocycles. The molecule has 2 aromatic carbocycles. The second-order valence-electron chi connectivity index (χ2n) is 4.33. The molecule has 0 aliphatic carbocycles. The van der Waals surface area contributed by atoms with Crippen molar-refractivity contribution >= 4 is 29.0 Å². The first-order chi connectivity index (χ1) is 9.47. The van der Waals surface area contributed by atoms with Gasteiger partial charge in [0.25, 0.3) is 0 Å². The third-order valence-electron chi connectivity index (χ3n) is 2.84. The highest BCUT2D eigenvalue weighted by molar-refractivity contribution is 6.36. The van der Waals surface area contributed by atoms with Gasteiger partial charge in [0.2, 0.25) is 0 Å². The highest BCUT2D eigenvalue weighted by Crippen LogP contribution is 2.25. The van der Waals surface area contributed by atoms with Gasteiger partial charge in [0.05, 0.1) is 0 Å². The second kappa shape index (κ2) is 6.33. The predicted molar refractivity (Wildman–Crippen MR) is 75.2 cm³/mol. The molecule has 5 heteroatoms. The van der Waals surface area contributed by atoms with Crippen LogP contribution in [0.3, 0.4) is 0 Å². The fraction of sp³-hybridized carbons (Fsp3) is 0.133. The molecule has 0 radical (unpaired) electrons. The summed E-state index contributed by atoms with van der Waals surface area (Å²) in [6.07, 6.45) is -0.122. The SMILES string of the molecule is O=C(Cc1ccc(F)cc1F)Cc1c(Cl)cccc1Cl. The highest BCUT2D eigenvalue weighted by Gasteiger charge is 2.13. The number of Topliss-reactive ketones (excluding diaryl/α,β-unsaturated/α-hetero) is 1. The van der Waals surface area contributed by atoms with Crippen LogP contribution >= 0.6 is 23.2 Å². The molecule has 0 saturated heterocycles. The van der Waals surface area contributed by atoms with Crippen molar-refractivity contribution in [2.75, 3.05) is 0 Å². The second-order valence-corrected chi connectivity index (χ2v) is 5.14. The maximum absolute atomic E-state index is 13.5. The van der Waals surface area contributed by atoms with Crippen molar-refractivity contribution in [3.63, 3.8) is 0 Å². The number of carbonyl (C=O) groups is 1. The Balaban J connectivity index is 2.13. The van der Waals surface area contributed by atoms with Crippen LogP contribution in [0.2, 0.25) is 10.0 Å². The first-order valence-corrected chi connectivity index (χ1v) is 6.61. The van der Waals surface area contributed by atoms with Crippen LogP contribution in [0, 0.1) is 11.6 Å². The number of carbonyl (C=O) groups excluding carboxylic acids is 1. The molecule has 0 aliphatic rings. The topological polar surface area (TPSA) is 17.1 Å². The van der Waals surface area contributed by atoms with Gasteiger partial charge in [-0.2, -0.15) is 0 Å². The molecule has 2 aromatic rings. The van der Waals surface area contributed by atoms with Crippen molar-refractivity contribution in [1.29, 1.82) is 0 Å². The minimum atomic E-state index is -0.733. The normalized spacial score (nSPS) is 10.6. The third kappa shape index (κ3) is 3.56. The van der Waals surface area contributed by atoms with E-state index in [1.807, 2.05) is 0 Å². The number of hydrogen-bond donors (Lipinski definition) is 0. The molecule has 2 rings (SSSR count). The largest absolute Gasteiger partial charge is 0.299 e. The smallest absolute Gasteiger partial charge is 0.141 e. The van der Waals surface area contributed by atoms with Gasteiger partial charge in [0.1, 0.15) is 17.4 Å². The van der Waals surface area contributed by atoms with Crippen molar-refractivity contribution in [3.05, 3.63) is 69.2 Å². The summed E-state index contributed by atoms with van der Waals surface area (Å²) in [5.74, 6) is -1.65. The van der Waals surface area contributed by atoms with Crippen LogP contribution in [0.4, 0.5) is 8.78 Å². The highest BCUT2D eigenvalue weighted by atomic mass is 35.5. The van der Waals surface area contributed by atoms with Crippen molar-refractivity contribution in [2.45, 2.75) is 12.8 Å². The fourth-order valence-electron chi connectivity index (χ4n) is 1.84. The predicted octanol–water partition coefficient (Wildman–Crippen LogP) is 4.63. The van der Waals surface area contributed by atoms with Gasteiger partial charge >= 0.3 is 0 Å². The molecule has 104 valence electrons. The van der Waals surface area contributed by atoms with Crippen molar-refractivity contribution < 1.29 is 13.6 Å². The van der Waals surface area contributed by atoms with Crippen molar-refractivity contribution in [3.8, 4) is 0 Å². The Labute approximate surface area is 125 Å². The minimum absolute atomic E-state index is 0.00925. The zero-order valence-electron chi connectivity index (χ0n) is 10.3. The van der Waals surface area contributed by atoms with Gasteiger partial charge < -0.3 is 0 Å². The van der Waals surface area contributed by atoms with E-state index in [-0.39, 0.29) is 24.2 Å². The monoisotopic (exact) mass is 314 g/mol. The van der Waals surface area contributed by atoms with E-state index in [0.29, 0.717) is 15.6 Å². The summed E-state index contributed by atoms with van der Waals surface area (Å²) in [5.41, 5.74) is 0.669. The molecule has 0 amide bonds. The Bertz CT molecular complexity index is 636. The molecule has 0 bridgehead atoms. The minimum Gasteiger partial charge on any atom is -0.299 e. The maximum atomic E-state index is 13.5. The van der Waals surface area contributed by atoms with Gasteiger partial charge in [-0.15, -0.1) is 0 Å². The number of halogens is 4. The molecule has 20 heavy (non-hydrogen) atoms. The van der Waals surface area contributed by atoms with E-state index in [0.717, 1.165) is 12.1 Å². The van der Waals surface area contributed by atoms with Crippen LogP contribution in [0.5, 0.6) is 0 Å². The lowest BCUT2D eigenvalue weighted by molar-refractivity contribution is -0.117. The van der Waals surface area contributed by atoms with Crippen LogP contribution < -0.4 is 0 Å². The molecule has 0 saturated carbocycles. The molecular formula is C15H10Cl2F2O. The fourth-order valence-corrected chi connectivity index (χ4v) is 2.37. The molecule has 1 nitrogen and oxygen atoms in total. The Hall–Kier alpha value is -1.45. The van der Waals surface area contributed by atoms with Gasteiger partial charge in [-0.05, 0) is 29.3 Å². The molecule has 0 heterocycles. The zero-order valence-corrected chi connectivity index (χ0v) is 11.8. The van der Waals surface area contributed by atoms with Crippen LogP contribution in [-0.2, 0) is 17.6 Å². The third-order valence-corrected chi connectivity index (χ3v) is 3.55. The summed E-state index contributed by atoms with van der Waals surface area (Å²) in [7, 11) is 0. The summed E-state index contributed by atoms with van der Waals surface area (Å²) in [6.45, 7) is 0. The number of benzene rings is 2.